The number of rotatable bonds is 5. The number of anilines is 2. The van der Waals surface area contributed by atoms with Crippen LogP contribution in [0.5, 0.6) is 0 Å². The van der Waals surface area contributed by atoms with E-state index in [2.05, 4.69) is 20.0 Å². The molecule has 0 radical (unpaired) electrons. The van der Waals surface area contributed by atoms with Gasteiger partial charge in [0.25, 0.3) is 0 Å². The van der Waals surface area contributed by atoms with Gasteiger partial charge in [-0.3, -0.25) is 0 Å². The molecule has 0 aliphatic carbocycles. The molecule has 0 saturated heterocycles. The maximum absolute atomic E-state index is 11.1. The molecular weight excluding hydrogens is 218 g/mol. The van der Waals surface area contributed by atoms with Crippen molar-refractivity contribution in [2.24, 2.45) is 0 Å². The fourth-order valence-electron chi connectivity index (χ4n) is 0.891. The molecule has 0 bridgehead atoms. The first-order valence-corrected chi connectivity index (χ1v) is 5.92. The monoisotopic (exact) mass is 231 g/mol. The highest BCUT2D eigenvalue weighted by molar-refractivity contribution is 7.89. The highest BCUT2D eigenvalue weighted by atomic mass is 32.2. The van der Waals surface area contributed by atoms with Gasteiger partial charge in [0.05, 0.1) is 5.75 Å². The van der Waals surface area contributed by atoms with Crippen molar-refractivity contribution < 1.29 is 8.42 Å². The molecule has 1 aromatic heterocycles. The molecule has 15 heavy (non-hydrogen) atoms. The molecule has 1 rings (SSSR count). The average Bonchev–Trinajstić information content (AvgIpc) is 2.21. The van der Waals surface area contributed by atoms with E-state index in [1.165, 1.54) is 19.4 Å². The van der Waals surface area contributed by atoms with Crippen molar-refractivity contribution in [2.75, 3.05) is 30.4 Å². The number of nitrogens with two attached hydrogens (primary N) is 1. The lowest BCUT2D eigenvalue weighted by molar-refractivity contribution is 0.588. The van der Waals surface area contributed by atoms with Crippen molar-refractivity contribution in [3.8, 4) is 0 Å². The Morgan fingerprint density at radius 1 is 1.40 bits per heavy atom. The molecule has 8 heteroatoms. The van der Waals surface area contributed by atoms with E-state index >= 15 is 0 Å². The molecule has 0 aliphatic rings. The van der Waals surface area contributed by atoms with Crippen molar-refractivity contribution in [1.82, 2.24) is 14.7 Å². The van der Waals surface area contributed by atoms with E-state index < -0.39 is 10.0 Å². The summed E-state index contributed by atoms with van der Waals surface area (Å²) in [7, 11) is -1.84. The van der Waals surface area contributed by atoms with Gasteiger partial charge in [0.15, 0.2) is 11.6 Å². The van der Waals surface area contributed by atoms with Crippen molar-refractivity contribution in [1.29, 1.82) is 0 Å². The predicted molar refractivity (Wildman–Crippen MR) is 57.8 cm³/mol. The van der Waals surface area contributed by atoms with Gasteiger partial charge in [-0.15, -0.1) is 0 Å². The summed E-state index contributed by atoms with van der Waals surface area (Å²) >= 11 is 0. The topological polar surface area (TPSA) is 110 Å². The van der Waals surface area contributed by atoms with Gasteiger partial charge in [-0.25, -0.2) is 23.1 Å². The third-order valence-corrected chi connectivity index (χ3v) is 3.06. The minimum atomic E-state index is -3.20. The first-order valence-electron chi connectivity index (χ1n) is 4.27. The van der Waals surface area contributed by atoms with E-state index in [1.807, 2.05) is 0 Å². The Kier molecular flexibility index (Phi) is 3.81. The zero-order chi connectivity index (χ0) is 11.3. The largest absolute Gasteiger partial charge is 0.381 e. The van der Waals surface area contributed by atoms with Crippen molar-refractivity contribution >= 4 is 21.7 Å². The summed E-state index contributed by atoms with van der Waals surface area (Å²) in [6, 6.07) is 0. The molecule has 0 spiro atoms. The first kappa shape index (κ1) is 11.7. The highest BCUT2D eigenvalue weighted by Crippen LogP contribution is 2.08. The number of hydrogen-bond donors (Lipinski definition) is 3. The molecule has 0 atom stereocenters. The van der Waals surface area contributed by atoms with Gasteiger partial charge in [-0.2, -0.15) is 0 Å². The van der Waals surface area contributed by atoms with E-state index in [9.17, 15) is 8.42 Å². The Hall–Kier alpha value is -1.41. The molecule has 0 aliphatic heterocycles. The van der Waals surface area contributed by atoms with Crippen LogP contribution < -0.4 is 15.8 Å². The van der Waals surface area contributed by atoms with Gasteiger partial charge < -0.3 is 11.1 Å². The highest BCUT2D eigenvalue weighted by Gasteiger charge is 2.07. The lowest BCUT2D eigenvalue weighted by Gasteiger charge is -2.06. The molecule has 0 fully saturated rings. The van der Waals surface area contributed by atoms with E-state index in [-0.39, 0.29) is 18.1 Å². The van der Waals surface area contributed by atoms with Crippen LogP contribution in [0.15, 0.2) is 12.4 Å². The van der Waals surface area contributed by atoms with Crippen LogP contribution in [0.2, 0.25) is 0 Å². The quantitative estimate of drug-likeness (QED) is 0.601. The van der Waals surface area contributed by atoms with Crippen LogP contribution in [0.1, 0.15) is 0 Å². The molecular formula is C7H13N5O2S. The number of nitrogens with zero attached hydrogens (tertiary/aromatic N) is 2. The van der Waals surface area contributed by atoms with Crippen molar-refractivity contribution in [3.05, 3.63) is 12.4 Å². The zero-order valence-electron chi connectivity index (χ0n) is 8.27. The fraction of sp³-hybridized carbons (Fsp3) is 0.429. The van der Waals surface area contributed by atoms with Crippen LogP contribution >= 0.6 is 0 Å². The number of hydrogen-bond acceptors (Lipinski definition) is 6. The second-order valence-corrected chi connectivity index (χ2v) is 4.79. The maximum Gasteiger partial charge on any atom is 0.213 e. The number of aromatic nitrogens is 2. The lowest BCUT2D eigenvalue weighted by Crippen LogP contribution is -2.26. The molecule has 7 nitrogen and oxygen atoms in total. The van der Waals surface area contributed by atoms with Crippen molar-refractivity contribution in [2.45, 2.75) is 0 Å². The van der Waals surface area contributed by atoms with Crippen LogP contribution in [0.25, 0.3) is 0 Å². The third-order valence-electron chi connectivity index (χ3n) is 1.70. The fourth-order valence-corrected chi connectivity index (χ4v) is 1.47. The number of sulfonamides is 1. The summed E-state index contributed by atoms with van der Waals surface area (Å²) in [4.78, 5) is 7.71. The van der Waals surface area contributed by atoms with Gasteiger partial charge in [-0.1, -0.05) is 0 Å². The van der Waals surface area contributed by atoms with E-state index in [0.29, 0.717) is 5.82 Å². The molecule has 4 N–H and O–H groups in total. The summed E-state index contributed by atoms with van der Waals surface area (Å²) in [5.41, 5.74) is 5.50. The van der Waals surface area contributed by atoms with Gasteiger partial charge in [0.2, 0.25) is 10.0 Å². The summed E-state index contributed by atoms with van der Waals surface area (Å²) in [6.07, 6.45) is 2.94. The number of nitrogens with one attached hydrogen (secondary N) is 2. The Morgan fingerprint density at radius 3 is 2.67 bits per heavy atom. The second kappa shape index (κ2) is 4.89. The molecule has 0 aromatic carbocycles. The Bertz CT molecular complexity index is 419. The lowest BCUT2D eigenvalue weighted by atomic mass is 10.5. The van der Waals surface area contributed by atoms with E-state index in [1.54, 1.807) is 0 Å². The van der Waals surface area contributed by atoms with Crippen LogP contribution in [0, 0.1) is 0 Å². The van der Waals surface area contributed by atoms with Crippen molar-refractivity contribution in [3.63, 3.8) is 0 Å². The molecule has 1 aromatic rings. The van der Waals surface area contributed by atoms with Gasteiger partial charge in [0.1, 0.15) is 0 Å². The van der Waals surface area contributed by atoms with E-state index in [4.69, 9.17) is 5.73 Å². The minimum absolute atomic E-state index is 0.0421. The standard InChI is InChI=1S/C7H13N5O2S/c1-9-15(13,14)5-4-12-7-6(8)10-2-3-11-7/h2-3,9H,4-5H2,1H3,(H2,8,10)(H,11,12). The Labute approximate surface area is 88.2 Å². The number of nitrogen functional groups attached to an aromatic ring is 1. The third kappa shape index (κ3) is 3.68. The summed E-state index contributed by atoms with van der Waals surface area (Å²) in [5, 5.41) is 2.79. The summed E-state index contributed by atoms with van der Waals surface area (Å²) in [6.45, 7) is 0.228. The van der Waals surface area contributed by atoms with Gasteiger partial charge in [-0.05, 0) is 7.05 Å². The van der Waals surface area contributed by atoms with Gasteiger partial charge in [0, 0.05) is 18.9 Å². The first-order chi connectivity index (χ1) is 7.05. The average molecular weight is 231 g/mol. The molecule has 84 valence electrons. The summed E-state index contributed by atoms with van der Waals surface area (Å²) < 4.78 is 24.3. The smallest absolute Gasteiger partial charge is 0.213 e. The maximum atomic E-state index is 11.1. The van der Waals surface area contributed by atoms with Crippen LogP contribution in [-0.4, -0.2) is 37.7 Å². The van der Waals surface area contributed by atoms with Crippen LogP contribution in [0.3, 0.4) is 0 Å². The predicted octanol–water partition coefficient (Wildman–Crippen LogP) is -0.980. The van der Waals surface area contributed by atoms with Gasteiger partial charge >= 0.3 is 0 Å². The van der Waals surface area contributed by atoms with Crippen LogP contribution in [-0.2, 0) is 10.0 Å². The van der Waals surface area contributed by atoms with E-state index in [0.717, 1.165) is 0 Å². The zero-order valence-corrected chi connectivity index (χ0v) is 9.08. The minimum Gasteiger partial charge on any atom is -0.381 e. The second-order valence-electron chi connectivity index (χ2n) is 2.74. The van der Waals surface area contributed by atoms with Crippen LogP contribution in [0.4, 0.5) is 11.6 Å². The normalized spacial score (nSPS) is 11.3. The Morgan fingerprint density at radius 2 is 2.07 bits per heavy atom. The SMILES string of the molecule is CNS(=O)(=O)CCNc1nccnc1N. The molecule has 0 amide bonds. The molecule has 0 unspecified atom stereocenters. The molecule has 1 heterocycles. The molecule has 0 saturated carbocycles. The Balaban J connectivity index is 2.49. The summed E-state index contributed by atoms with van der Waals surface area (Å²) in [5.74, 6) is 0.600.